The molecule has 2 aliphatic heterocycles. The summed E-state index contributed by atoms with van der Waals surface area (Å²) < 4.78 is 11.9. The van der Waals surface area contributed by atoms with Crippen molar-refractivity contribution in [2.75, 3.05) is 13.2 Å². The van der Waals surface area contributed by atoms with Gasteiger partial charge in [-0.15, -0.1) is 0 Å². The molecule has 4 rings (SSSR count). The topological polar surface area (TPSA) is 43.2 Å². The van der Waals surface area contributed by atoms with E-state index < -0.39 is 0 Å². The Balaban J connectivity index is 1.64. The van der Waals surface area contributed by atoms with Gasteiger partial charge in [0, 0.05) is 6.42 Å². The zero-order valence-electron chi connectivity index (χ0n) is 12.3. The molecule has 2 atom stereocenters. The van der Waals surface area contributed by atoms with Crippen molar-refractivity contribution in [3.8, 4) is 0 Å². The zero-order chi connectivity index (χ0) is 14.4. The van der Waals surface area contributed by atoms with Gasteiger partial charge in [0.2, 0.25) is 0 Å². The van der Waals surface area contributed by atoms with Gasteiger partial charge in [0.15, 0.2) is 11.8 Å². The molecule has 2 unspecified atom stereocenters. The second kappa shape index (κ2) is 4.58. The molecule has 4 heteroatoms. The molecule has 0 aromatic heterocycles. The predicted octanol–water partition coefficient (Wildman–Crippen LogP) is 2.82. The summed E-state index contributed by atoms with van der Waals surface area (Å²) in [5.74, 6) is 1.69. The van der Waals surface area contributed by atoms with Crippen LogP contribution in [0, 0.1) is 5.41 Å². The van der Waals surface area contributed by atoms with Gasteiger partial charge in [-0.2, -0.15) is 0 Å². The molecule has 1 saturated carbocycles. The van der Waals surface area contributed by atoms with Gasteiger partial charge in [-0.05, 0) is 30.9 Å². The molecule has 0 aromatic rings. The van der Waals surface area contributed by atoms with Gasteiger partial charge in [0.05, 0.1) is 6.54 Å². The maximum Gasteiger partial charge on any atom is 0.200 e. The summed E-state index contributed by atoms with van der Waals surface area (Å²) in [6.45, 7) is 7.44. The van der Waals surface area contributed by atoms with Crippen molar-refractivity contribution in [2.24, 2.45) is 15.4 Å². The second-order valence-electron chi connectivity index (χ2n) is 6.04. The van der Waals surface area contributed by atoms with E-state index in [1.165, 1.54) is 11.1 Å². The molecule has 0 bridgehead atoms. The largest absolute Gasteiger partial charge is 0.478 e. The van der Waals surface area contributed by atoms with E-state index >= 15 is 0 Å². The first kappa shape index (κ1) is 12.9. The Morgan fingerprint density at radius 1 is 1.33 bits per heavy atom. The molecule has 0 saturated heterocycles. The minimum absolute atomic E-state index is 0.100. The fourth-order valence-electron chi connectivity index (χ4n) is 3.52. The summed E-state index contributed by atoms with van der Waals surface area (Å²) in [5, 5.41) is 0. The lowest BCUT2D eigenvalue weighted by molar-refractivity contribution is 0.202. The van der Waals surface area contributed by atoms with Gasteiger partial charge in [-0.1, -0.05) is 24.8 Å². The minimum Gasteiger partial charge on any atom is -0.478 e. The first-order valence-corrected chi connectivity index (χ1v) is 7.69. The molecule has 0 N–H and O–H groups in total. The van der Waals surface area contributed by atoms with Gasteiger partial charge in [-0.3, -0.25) is 4.99 Å². The number of aliphatic imine (C=N–C) groups is 2. The first-order chi connectivity index (χ1) is 10.3. The third kappa shape index (κ3) is 1.81. The Bertz CT molecular complexity index is 608. The summed E-state index contributed by atoms with van der Waals surface area (Å²) in [6.07, 6.45) is 9.25. The van der Waals surface area contributed by atoms with Gasteiger partial charge in [0.25, 0.3) is 0 Å². The molecule has 1 fully saturated rings. The fourth-order valence-corrected chi connectivity index (χ4v) is 3.52. The predicted molar refractivity (Wildman–Crippen MR) is 82.7 cm³/mol. The molecule has 4 nitrogen and oxygen atoms in total. The minimum atomic E-state index is -0.145. The van der Waals surface area contributed by atoms with Crippen molar-refractivity contribution >= 4 is 11.8 Å². The first-order valence-electron chi connectivity index (χ1n) is 7.69. The second-order valence-corrected chi connectivity index (χ2v) is 6.04. The highest BCUT2D eigenvalue weighted by molar-refractivity contribution is 6.09. The van der Waals surface area contributed by atoms with Crippen LogP contribution in [0.3, 0.4) is 0 Å². The van der Waals surface area contributed by atoms with Crippen LogP contribution in [0.5, 0.6) is 0 Å². The smallest absolute Gasteiger partial charge is 0.200 e. The highest BCUT2D eigenvalue weighted by Crippen LogP contribution is 2.53. The highest BCUT2D eigenvalue weighted by atomic mass is 16.5. The van der Waals surface area contributed by atoms with Crippen LogP contribution in [0.4, 0.5) is 0 Å². The van der Waals surface area contributed by atoms with Crippen LogP contribution in [-0.2, 0) is 9.47 Å². The molecular formula is C17H20N2O2. The standard InChI is InChI=1S/C17H20N2O2/c1-3-5-11-10-13-14(12(11)4-2)19-16(21-13)17(6-7-17)15-18-8-9-20-15/h3-5,13-14H,2,6-10H2,1H3/b5-3-. The summed E-state index contributed by atoms with van der Waals surface area (Å²) in [4.78, 5) is 9.37. The van der Waals surface area contributed by atoms with Crippen molar-refractivity contribution in [3.05, 3.63) is 36.0 Å². The number of ether oxygens (including phenoxy) is 2. The van der Waals surface area contributed by atoms with E-state index in [9.17, 15) is 0 Å². The zero-order valence-corrected chi connectivity index (χ0v) is 12.3. The van der Waals surface area contributed by atoms with E-state index in [1.807, 2.05) is 13.0 Å². The Kier molecular flexibility index (Phi) is 2.81. The van der Waals surface area contributed by atoms with E-state index in [1.54, 1.807) is 0 Å². The number of nitrogens with zero attached hydrogens (tertiary/aromatic N) is 2. The number of allylic oxidation sites excluding steroid dienone is 2. The van der Waals surface area contributed by atoms with Crippen LogP contribution in [0.1, 0.15) is 26.2 Å². The Morgan fingerprint density at radius 2 is 2.19 bits per heavy atom. The summed E-state index contributed by atoms with van der Waals surface area (Å²) in [6, 6.07) is 0.100. The number of fused-ring (bicyclic) bond motifs is 1. The van der Waals surface area contributed by atoms with Gasteiger partial charge in [-0.25, -0.2) is 4.99 Å². The molecule has 0 spiro atoms. The van der Waals surface area contributed by atoms with Gasteiger partial charge >= 0.3 is 0 Å². The molecule has 110 valence electrons. The van der Waals surface area contributed by atoms with Gasteiger partial charge < -0.3 is 9.47 Å². The van der Waals surface area contributed by atoms with Crippen molar-refractivity contribution in [3.63, 3.8) is 0 Å². The van der Waals surface area contributed by atoms with E-state index in [4.69, 9.17) is 14.5 Å². The number of hydrogen-bond acceptors (Lipinski definition) is 4. The summed E-state index contributed by atoms with van der Waals surface area (Å²) >= 11 is 0. The van der Waals surface area contributed by atoms with E-state index in [-0.39, 0.29) is 17.6 Å². The Morgan fingerprint density at radius 3 is 2.81 bits per heavy atom. The average Bonchev–Trinajstić information content (AvgIpc) is 2.88. The van der Waals surface area contributed by atoms with Crippen molar-refractivity contribution in [1.82, 2.24) is 0 Å². The molecule has 0 radical (unpaired) electrons. The highest BCUT2D eigenvalue weighted by Gasteiger charge is 2.59. The van der Waals surface area contributed by atoms with Crippen molar-refractivity contribution in [2.45, 2.75) is 38.3 Å². The van der Waals surface area contributed by atoms with Crippen LogP contribution >= 0.6 is 0 Å². The van der Waals surface area contributed by atoms with Crippen LogP contribution in [0.25, 0.3) is 0 Å². The van der Waals surface area contributed by atoms with E-state index in [2.05, 4.69) is 23.7 Å². The SMILES string of the molecule is C=CC1=C(/C=C\C)CC2OC(C3(C4=NCCO4)CC3)=NC12. The van der Waals surface area contributed by atoms with E-state index in [0.717, 1.165) is 37.6 Å². The lowest BCUT2D eigenvalue weighted by Crippen LogP contribution is -2.28. The van der Waals surface area contributed by atoms with Crippen molar-refractivity contribution < 1.29 is 9.47 Å². The fraction of sp³-hybridized carbons (Fsp3) is 0.529. The third-order valence-electron chi connectivity index (χ3n) is 4.72. The van der Waals surface area contributed by atoms with Crippen molar-refractivity contribution in [1.29, 1.82) is 0 Å². The molecule has 0 amide bonds. The van der Waals surface area contributed by atoms with Crippen LogP contribution in [0.2, 0.25) is 0 Å². The molecule has 2 heterocycles. The summed E-state index contributed by atoms with van der Waals surface area (Å²) in [5.41, 5.74) is 2.36. The Hall–Kier alpha value is -1.84. The molecule has 21 heavy (non-hydrogen) atoms. The normalized spacial score (nSPS) is 32.6. The third-order valence-corrected chi connectivity index (χ3v) is 4.72. The molecule has 0 aromatic carbocycles. The lowest BCUT2D eigenvalue weighted by Gasteiger charge is -2.16. The number of rotatable bonds is 4. The molecule has 2 aliphatic carbocycles. The molecule has 4 aliphatic rings. The summed E-state index contributed by atoms with van der Waals surface area (Å²) in [7, 11) is 0. The maximum absolute atomic E-state index is 6.20. The Labute approximate surface area is 125 Å². The quantitative estimate of drug-likeness (QED) is 0.796. The van der Waals surface area contributed by atoms with E-state index in [0.29, 0.717) is 6.61 Å². The maximum atomic E-state index is 6.20. The lowest BCUT2D eigenvalue weighted by atomic mass is 10.1. The van der Waals surface area contributed by atoms with Crippen LogP contribution < -0.4 is 0 Å². The molecular weight excluding hydrogens is 264 g/mol. The average molecular weight is 284 g/mol. The monoisotopic (exact) mass is 284 g/mol. The van der Waals surface area contributed by atoms with Crippen LogP contribution in [-0.4, -0.2) is 37.1 Å². The van der Waals surface area contributed by atoms with Crippen LogP contribution in [0.15, 0.2) is 45.9 Å². The van der Waals surface area contributed by atoms with Gasteiger partial charge in [0.1, 0.15) is 24.2 Å². The number of hydrogen-bond donors (Lipinski definition) is 0.